The van der Waals surface area contributed by atoms with Gasteiger partial charge in [0.25, 0.3) is 0 Å². The zero-order chi connectivity index (χ0) is 19.6. The Balaban J connectivity index is 1.82. The topological polar surface area (TPSA) is 66.5 Å². The lowest BCUT2D eigenvalue weighted by atomic mass is 10.1. The molecule has 144 valence electrons. The summed E-state index contributed by atoms with van der Waals surface area (Å²) in [6.45, 7) is 6.35. The molecule has 6 heteroatoms. The Labute approximate surface area is 161 Å². The lowest BCUT2D eigenvalue weighted by molar-refractivity contribution is -0.124. The minimum atomic E-state index is -3.72. The second-order valence-electron chi connectivity index (χ2n) is 7.21. The smallest absolute Gasteiger partial charge is 0.244 e. The molecule has 1 atom stereocenters. The third-order valence-electron chi connectivity index (χ3n) is 4.99. The van der Waals surface area contributed by atoms with Crippen LogP contribution in [0.2, 0.25) is 0 Å². The van der Waals surface area contributed by atoms with Crippen molar-refractivity contribution < 1.29 is 13.2 Å². The van der Waals surface area contributed by atoms with Crippen LogP contribution in [0.1, 0.15) is 35.1 Å². The first-order chi connectivity index (χ1) is 12.8. The number of nitrogens with zero attached hydrogens (tertiary/aromatic N) is 1. The zero-order valence-electron chi connectivity index (χ0n) is 16.0. The normalized spacial score (nSPS) is 17.8. The van der Waals surface area contributed by atoms with Crippen LogP contribution in [0.15, 0.2) is 47.4 Å². The summed E-state index contributed by atoms with van der Waals surface area (Å²) in [4.78, 5) is 13.0. The summed E-state index contributed by atoms with van der Waals surface area (Å²) in [5.41, 5.74) is 3.47. The monoisotopic (exact) mass is 386 g/mol. The Kier molecular flexibility index (Phi) is 5.67. The van der Waals surface area contributed by atoms with Crippen LogP contribution in [0.3, 0.4) is 0 Å². The van der Waals surface area contributed by atoms with Gasteiger partial charge in [0.1, 0.15) is 6.04 Å². The molecule has 1 N–H and O–H groups in total. The van der Waals surface area contributed by atoms with Crippen molar-refractivity contribution in [3.8, 4) is 0 Å². The van der Waals surface area contributed by atoms with Gasteiger partial charge in [-0.05, 0) is 50.3 Å². The highest BCUT2D eigenvalue weighted by molar-refractivity contribution is 7.89. The van der Waals surface area contributed by atoms with E-state index in [1.807, 2.05) is 63.2 Å². The molecule has 3 rings (SSSR count). The fraction of sp³-hybridized carbons (Fsp3) is 0.381. The fourth-order valence-electron chi connectivity index (χ4n) is 3.88. The molecule has 5 nitrogen and oxygen atoms in total. The molecular weight excluding hydrogens is 360 g/mol. The van der Waals surface area contributed by atoms with E-state index < -0.39 is 16.1 Å². The number of benzene rings is 2. The average Bonchev–Trinajstić information content (AvgIpc) is 3.10. The van der Waals surface area contributed by atoms with E-state index in [0.29, 0.717) is 30.8 Å². The summed E-state index contributed by atoms with van der Waals surface area (Å²) in [7, 11) is -3.72. The Morgan fingerprint density at radius 1 is 1.11 bits per heavy atom. The highest BCUT2D eigenvalue weighted by atomic mass is 32.2. The van der Waals surface area contributed by atoms with Crippen molar-refractivity contribution in [3.05, 3.63) is 64.7 Å². The molecule has 1 fully saturated rings. The molecule has 0 aromatic heterocycles. The molecule has 1 aliphatic heterocycles. The van der Waals surface area contributed by atoms with Gasteiger partial charge in [-0.3, -0.25) is 4.79 Å². The molecular formula is C21H26N2O3S. The van der Waals surface area contributed by atoms with E-state index in [9.17, 15) is 13.2 Å². The van der Waals surface area contributed by atoms with Crippen LogP contribution in [-0.2, 0) is 21.4 Å². The SMILES string of the molecule is Cc1cc(C)c(S(=O)(=O)N2CCC[C@@H]2C(=O)NCc2ccccc2)c(C)c1. The highest BCUT2D eigenvalue weighted by Crippen LogP contribution is 2.30. The van der Waals surface area contributed by atoms with Gasteiger partial charge in [0.05, 0.1) is 4.90 Å². The average molecular weight is 387 g/mol. The number of hydrogen-bond donors (Lipinski definition) is 1. The molecule has 0 unspecified atom stereocenters. The lowest BCUT2D eigenvalue weighted by Crippen LogP contribution is -2.45. The van der Waals surface area contributed by atoms with E-state index in [1.54, 1.807) is 0 Å². The number of aryl methyl sites for hydroxylation is 3. The van der Waals surface area contributed by atoms with Gasteiger partial charge in [0, 0.05) is 13.1 Å². The van der Waals surface area contributed by atoms with Crippen LogP contribution in [0.25, 0.3) is 0 Å². The van der Waals surface area contributed by atoms with Crippen molar-refractivity contribution in [2.45, 2.75) is 51.1 Å². The van der Waals surface area contributed by atoms with E-state index in [0.717, 1.165) is 22.3 Å². The Morgan fingerprint density at radius 3 is 2.37 bits per heavy atom. The lowest BCUT2D eigenvalue weighted by Gasteiger charge is -2.25. The summed E-state index contributed by atoms with van der Waals surface area (Å²) in [5.74, 6) is -0.234. The van der Waals surface area contributed by atoms with Crippen molar-refractivity contribution in [1.82, 2.24) is 9.62 Å². The third kappa shape index (κ3) is 4.06. The Hall–Kier alpha value is -2.18. The van der Waals surface area contributed by atoms with Crippen LogP contribution < -0.4 is 5.32 Å². The quantitative estimate of drug-likeness (QED) is 0.859. The van der Waals surface area contributed by atoms with Crippen molar-refractivity contribution in [2.24, 2.45) is 0 Å². The highest BCUT2D eigenvalue weighted by Gasteiger charge is 2.40. The maximum atomic E-state index is 13.3. The minimum absolute atomic E-state index is 0.234. The van der Waals surface area contributed by atoms with Gasteiger partial charge in [0.2, 0.25) is 15.9 Å². The summed E-state index contributed by atoms with van der Waals surface area (Å²) in [6, 6.07) is 12.7. The van der Waals surface area contributed by atoms with E-state index in [1.165, 1.54) is 4.31 Å². The molecule has 27 heavy (non-hydrogen) atoms. The van der Waals surface area contributed by atoms with Gasteiger partial charge in [-0.1, -0.05) is 48.0 Å². The molecule has 0 bridgehead atoms. The van der Waals surface area contributed by atoms with Gasteiger partial charge in [-0.25, -0.2) is 8.42 Å². The van der Waals surface area contributed by atoms with Crippen molar-refractivity contribution in [3.63, 3.8) is 0 Å². The predicted molar refractivity (Wildman–Crippen MR) is 106 cm³/mol. The first-order valence-electron chi connectivity index (χ1n) is 9.22. The molecule has 0 radical (unpaired) electrons. The number of sulfonamides is 1. The summed E-state index contributed by atoms with van der Waals surface area (Å²) >= 11 is 0. The third-order valence-corrected chi connectivity index (χ3v) is 7.20. The van der Waals surface area contributed by atoms with E-state index >= 15 is 0 Å². The van der Waals surface area contributed by atoms with Crippen molar-refractivity contribution in [2.75, 3.05) is 6.54 Å². The van der Waals surface area contributed by atoms with Crippen LogP contribution in [0.5, 0.6) is 0 Å². The molecule has 1 amide bonds. The molecule has 2 aromatic rings. The van der Waals surface area contributed by atoms with E-state index in [-0.39, 0.29) is 5.91 Å². The van der Waals surface area contributed by atoms with Crippen LogP contribution >= 0.6 is 0 Å². The number of amides is 1. The van der Waals surface area contributed by atoms with Crippen molar-refractivity contribution in [1.29, 1.82) is 0 Å². The van der Waals surface area contributed by atoms with E-state index in [2.05, 4.69) is 5.32 Å². The Bertz CT molecular complexity index is 916. The maximum Gasteiger partial charge on any atom is 0.244 e. The maximum absolute atomic E-state index is 13.3. The van der Waals surface area contributed by atoms with Gasteiger partial charge in [-0.2, -0.15) is 4.31 Å². The largest absolute Gasteiger partial charge is 0.351 e. The Morgan fingerprint density at radius 2 is 1.74 bits per heavy atom. The molecule has 1 heterocycles. The van der Waals surface area contributed by atoms with E-state index in [4.69, 9.17) is 0 Å². The number of rotatable bonds is 5. The van der Waals surface area contributed by atoms with Crippen LogP contribution in [0.4, 0.5) is 0 Å². The first kappa shape index (κ1) is 19.6. The standard InChI is InChI=1S/C21H26N2O3S/c1-15-12-16(2)20(17(3)13-15)27(25,26)23-11-7-10-19(23)21(24)22-14-18-8-5-4-6-9-18/h4-6,8-9,12-13,19H,7,10-11,14H2,1-3H3,(H,22,24)/t19-/m1/s1. The minimum Gasteiger partial charge on any atom is -0.351 e. The molecule has 2 aromatic carbocycles. The number of carbonyl (C=O) groups excluding carboxylic acids is 1. The molecule has 1 saturated heterocycles. The summed E-state index contributed by atoms with van der Waals surface area (Å²) < 4.78 is 28.0. The van der Waals surface area contributed by atoms with Gasteiger partial charge < -0.3 is 5.32 Å². The summed E-state index contributed by atoms with van der Waals surface area (Å²) in [5, 5.41) is 2.89. The van der Waals surface area contributed by atoms with Gasteiger partial charge in [0.15, 0.2) is 0 Å². The molecule has 1 aliphatic rings. The number of hydrogen-bond acceptors (Lipinski definition) is 3. The predicted octanol–water partition coefficient (Wildman–Crippen LogP) is 3.08. The van der Waals surface area contributed by atoms with Crippen molar-refractivity contribution >= 4 is 15.9 Å². The summed E-state index contributed by atoms with van der Waals surface area (Å²) in [6.07, 6.45) is 1.23. The van der Waals surface area contributed by atoms with Crippen LogP contribution in [0, 0.1) is 20.8 Å². The number of carbonyl (C=O) groups is 1. The number of nitrogens with one attached hydrogen (secondary N) is 1. The van der Waals surface area contributed by atoms with Crippen LogP contribution in [-0.4, -0.2) is 31.2 Å². The molecule has 0 aliphatic carbocycles. The molecule has 0 saturated carbocycles. The van der Waals surface area contributed by atoms with Gasteiger partial charge >= 0.3 is 0 Å². The second kappa shape index (κ2) is 7.82. The first-order valence-corrected chi connectivity index (χ1v) is 10.7. The second-order valence-corrected chi connectivity index (χ2v) is 9.03. The van der Waals surface area contributed by atoms with Gasteiger partial charge in [-0.15, -0.1) is 0 Å². The molecule has 0 spiro atoms. The zero-order valence-corrected chi connectivity index (χ0v) is 16.8. The fourth-order valence-corrected chi connectivity index (χ4v) is 5.96.